The van der Waals surface area contributed by atoms with E-state index in [1.165, 1.54) is 5.56 Å². The molecule has 0 atom stereocenters. The number of benzene rings is 2. The van der Waals surface area contributed by atoms with Crippen molar-refractivity contribution in [1.29, 1.82) is 0 Å². The Balaban J connectivity index is 1.59. The fraction of sp³-hybridized carbons (Fsp3) is 0.391. The molecule has 0 bridgehead atoms. The van der Waals surface area contributed by atoms with Gasteiger partial charge in [0, 0.05) is 52.3 Å². The molecule has 3 rings (SSSR count). The van der Waals surface area contributed by atoms with Crippen LogP contribution in [0.2, 0.25) is 0 Å². The first-order chi connectivity index (χ1) is 14.1. The minimum absolute atomic E-state index is 0.256. The van der Waals surface area contributed by atoms with E-state index >= 15 is 0 Å². The standard InChI is InChI=1S/C23H30N4O2/c1-24-23(26(2)17-20-10-4-5-11-21(20)29-3)25-15-18-8-6-9-19(14-18)16-27-13-7-12-22(27)28/h4-6,8-11,14H,7,12-13,15-17H2,1-3H3,(H,24,25). The maximum absolute atomic E-state index is 11.9. The molecule has 2 aromatic carbocycles. The summed E-state index contributed by atoms with van der Waals surface area (Å²) >= 11 is 0. The highest BCUT2D eigenvalue weighted by molar-refractivity contribution is 5.79. The number of hydrogen-bond acceptors (Lipinski definition) is 3. The number of amides is 1. The summed E-state index contributed by atoms with van der Waals surface area (Å²) in [4.78, 5) is 20.3. The Kier molecular flexibility index (Phi) is 7.11. The monoisotopic (exact) mass is 394 g/mol. The van der Waals surface area contributed by atoms with Gasteiger partial charge >= 0.3 is 0 Å². The fourth-order valence-electron chi connectivity index (χ4n) is 3.66. The lowest BCUT2D eigenvalue weighted by Crippen LogP contribution is -2.38. The van der Waals surface area contributed by atoms with Gasteiger partial charge in [0.2, 0.25) is 5.91 Å². The zero-order chi connectivity index (χ0) is 20.6. The summed E-state index contributed by atoms with van der Waals surface area (Å²) in [6.45, 7) is 2.92. The number of methoxy groups -OCH3 is 1. The average molecular weight is 395 g/mol. The molecule has 1 amide bonds. The lowest BCUT2D eigenvalue weighted by atomic mass is 10.1. The summed E-state index contributed by atoms with van der Waals surface area (Å²) in [5.41, 5.74) is 3.44. The van der Waals surface area contributed by atoms with Crippen LogP contribution in [-0.2, 0) is 24.4 Å². The molecule has 154 valence electrons. The van der Waals surface area contributed by atoms with E-state index in [2.05, 4.69) is 39.5 Å². The zero-order valence-corrected chi connectivity index (χ0v) is 17.5. The van der Waals surface area contributed by atoms with Crippen LogP contribution in [0.15, 0.2) is 53.5 Å². The highest BCUT2D eigenvalue weighted by atomic mass is 16.5. The van der Waals surface area contributed by atoms with Crippen molar-refractivity contribution in [3.05, 3.63) is 65.2 Å². The number of para-hydroxylation sites is 1. The molecule has 29 heavy (non-hydrogen) atoms. The third kappa shape index (κ3) is 5.50. The van der Waals surface area contributed by atoms with Crippen molar-refractivity contribution in [3.63, 3.8) is 0 Å². The number of hydrogen-bond donors (Lipinski definition) is 1. The minimum atomic E-state index is 0.256. The summed E-state index contributed by atoms with van der Waals surface area (Å²) < 4.78 is 5.45. The number of nitrogens with one attached hydrogen (secondary N) is 1. The summed E-state index contributed by atoms with van der Waals surface area (Å²) in [7, 11) is 5.49. The van der Waals surface area contributed by atoms with E-state index in [1.54, 1.807) is 14.2 Å². The van der Waals surface area contributed by atoms with Crippen molar-refractivity contribution in [1.82, 2.24) is 15.1 Å². The largest absolute Gasteiger partial charge is 0.496 e. The maximum Gasteiger partial charge on any atom is 0.222 e. The molecule has 1 fully saturated rings. The van der Waals surface area contributed by atoms with E-state index in [-0.39, 0.29) is 5.91 Å². The Morgan fingerprint density at radius 2 is 2.00 bits per heavy atom. The average Bonchev–Trinajstić information content (AvgIpc) is 3.13. The van der Waals surface area contributed by atoms with Crippen molar-refractivity contribution in [2.45, 2.75) is 32.5 Å². The smallest absolute Gasteiger partial charge is 0.222 e. The molecule has 0 aliphatic carbocycles. The normalized spacial score (nSPS) is 14.2. The van der Waals surface area contributed by atoms with Crippen LogP contribution < -0.4 is 10.1 Å². The Hall–Kier alpha value is -3.02. The molecule has 0 spiro atoms. The predicted octanol–water partition coefficient (Wildman–Crippen LogP) is 3.03. The van der Waals surface area contributed by atoms with Gasteiger partial charge < -0.3 is 19.9 Å². The third-order valence-corrected chi connectivity index (χ3v) is 5.16. The van der Waals surface area contributed by atoms with Crippen molar-refractivity contribution in [2.24, 2.45) is 4.99 Å². The van der Waals surface area contributed by atoms with Crippen molar-refractivity contribution in [3.8, 4) is 5.75 Å². The second-order valence-electron chi connectivity index (χ2n) is 7.31. The Bertz CT molecular complexity index is 865. The summed E-state index contributed by atoms with van der Waals surface area (Å²) in [6, 6.07) is 16.4. The molecule has 6 nitrogen and oxygen atoms in total. The SMILES string of the molecule is CN=C(NCc1cccc(CN2CCCC2=O)c1)N(C)Cc1ccccc1OC. The van der Waals surface area contributed by atoms with E-state index in [1.807, 2.05) is 36.2 Å². The van der Waals surface area contributed by atoms with E-state index in [0.717, 1.165) is 35.8 Å². The number of carbonyl (C=O) groups excluding carboxylic acids is 1. The third-order valence-electron chi connectivity index (χ3n) is 5.16. The molecular formula is C23H30N4O2. The molecule has 0 aromatic heterocycles. The minimum Gasteiger partial charge on any atom is -0.496 e. The number of nitrogens with zero attached hydrogens (tertiary/aromatic N) is 3. The topological polar surface area (TPSA) is 57.2 Å². The van der Waals surface area contributed by atoms with Crippen LogP contribution in [0.5, 0.6) is 5.75 Å². The van der Waals surface area contributed by atoms with Gasteiger partial charge in [0.15, 0.2) is 5.96 Å². The van der Waals surface area contributed by atoms with Gasteiger partial charge in [-0.3, -0.25) is 9.79 Å². The molecular weight excluding hydrogens is 364 g/mol. The van der Waals surface area contributed by atoms with Crippen LogP contribution in [0.1, 0.15) is 29.5 Å². The lowest BCUT2D eigenvalue weighted by Gasteiger charge is -2.23. The Morgan fingerprint density at radius 1 is 1.21 bits per heavy atom. The van der Waals surface area contributed by atoms with Crippen LogP contribution in [0.4, 0.5) is 0 Å². The highest BCUT2D eigenvalue weighted by Gasteiger charge is 2.20. The van der Waals surface area contributed by atoms with Gasteiger partial charge in [-0.05, 0) is 23.6 Å². The van der Waals surface area contributed by atoms with Gasteiger partial charge in [-0.2, -0.15) is 0 Å². The molecule has 0 saturated carbocycles. The molecule has 1 N–H and O–H groups in total. The van der Waals surface area contributed by atoms with E-state index < -0.39 is 0 Å². The predicted molar refractivity (Wildman–Crippen MR) is 116 cm³/mol. The molecule has 1 saturated heterocycles. The van der Waals surface area contributed by atoms with Gasteiger partial charge in [0.1, 0.15) is 5.75 Å². The van der Waals surface area contributed by atoms with E-state index in [9.17, 15) is 4.79 Å². The van der Waals surface area contributed by atoms with Crippen molar-refractivity contribution < 1.29 is 9.53 Å². The number of carbonyl (C=O) groups is 1. The van der Waals surface area contributed by atoms with E-state index in [4.69, 9.17) is 4.74 Å². The van der Waals surface area contributed by atoms with Crippen molar-refractivity contribution in [2.75, 3.05) is 27.7 Å². The summed E-state index contributed by atoms with van der Waals surface area (Å²) in [5.74, 6) is 1.95. The Labute approximate surface area is 173 Å². The number of likely N-dealkylation sites (tertiary alicyclic amines) is 1. The number of ether oxygens (including phenoxy) is 1. The quantitative estimate of drug-likeness (QED) is 0.579. The van der Waals surface area contributed by atoms with Gasteiger partial charge in [-0.15, -0.1) is 0 Å². The molecule has 0 unspecified atom stereocenters. The zero-order valence-electron chi connectivity index (χ0n) is 17.5. The number of guanidine groups is 1. The van der Waals surface area contributed by atoms with Crippen LogP contribution in [0.3, 0.4) is 0 Å². The second-order valence-corrected chi connectivity index (χ2v) is 7.31. The van der Waals surface area contributed by atoms with Gasteiger partial charge in [0.25, 0.3) is 0 Å². The van der Waals surface area contributed by atoms with Gasteiger partial charge in [0.05, 0.1) is 7.11 Å². The van der Waals surface area contributed by atoms with Crippen LogP contribution in [0.25, 0.3) is 0 Å². The number of rotatable bonds is 7. The van der Waals surface area contributed by atoms with Gasteiger partial charge in [-0.25, -0.2) is 0 Å². The maximum atomic E-state index is 11.9. The van der Waals surface area contributed by atoms with Crippen LogP contribution in [-0.4, -0.2) is 49.4 Å². The molecule has 1 heterocycles. The lowest BCUT2D eigenvalue weighted by molar-refractivity contribution is -0.128. The summed E-state index contributed by atoms with van der Waals surface area (Å²) in [6.07, 6.45) is 1.64. The molecule has 2 aromatic rings. The molecule has 1 aliphatic rings. The van der Waals surface area contributed by atoms with E-state index in [0.29, 0.717) is 26.1 Å². The fourth-order valence-corrected chi connectivity index (χ4v) is 3.66. The second kappa shape index (κ2) is 9.96. The first-order valence-electron chi connectivity index (χ1n) is 10.00. The van der Waals surface area contributed by atoms with Crippen LogP contribution >= 0.6 is 0 Å². The first-order valence-corrected chi connectivity index (χ1v) is 10.00. The van der Waals surface area contributed by atoms with Gasteiger partial charge in [-0.1, -0.05) is 42.5 Å². The molecule has 1 aliphatic heterocycles. The highest BCUT2D eigenvalue weighted by Crippen LogP contribution is 2.19. The van der Waals surface area contributed by atoms with Crippen LogP contribution in [0, 0.1) is 0 Å². The Morgan fingerprint density at radius 3 is 2.72 bits per heavy atom. The van der Waals surface area contributed by atoms with Crippen molar-refractivity contribution >= 4 is 11.9 Å². The molecule has 6 heteroatoms. The number of aliphatic imine (C=N–C) groups is 1. The first kappa shape index (κ1) is 20.7. The molecule has 0 radical (unpaired) electrons. The summed E-state index contributed by atoms with van der Waals surface area (Å²) in [5, 5.41) is 3.43.